The number of isothiocyanates is 1. The third-order valence-electron chi connectivity index (χ3n) is 4.74. The largest absolute Gasteiger partial charge is 0.207 e. The van der Waals surface area contributed by atoms with E-state index in [0.29, 0.717) is 6.42 Å². The molecule has 3 aromatic rings. The lowest BCUT2D eigenvalue weighted by Gasteiger charge is -2.06. The Hall–Kier alpha value is -3.33. The second kappa shape index (κ2) is 10.3. The van der Waals surface area contributed by atoms with Crippen molar-refractivity contribution in [3.05, 3.63) is 88.2 Å². The van der Waals surface area contributed by atoms with E-state index in [0.717, 1.165) is 36.8 Å². The van der Waals surface area contributed by atoms with E-state index >= 15 is 0 Å². The number of aliphatic imine (C=N–C) groups is 1. The predicted octanol–water partition coefficient (Wildman–Crippen LogP) is 7.53. The van der Waals surface area contributed by atoms with Crippen LogP contribution >= 0.6 is 12.2 Å². The van der Waals surface area contributed by atoms with Gasteiger partial charge in [0.1, 0.15) is 23.1 Å². The summed E-state index contributed by atoms with van der Waals surface area (Å²) in [6, 6.07) is 8.04. The summed E-state index contributed by atoms with van der Waals surface area (Å²) in [5.74, 6) is 1.02. The second-order valence-electron chi connectivity index (χ2n) is 6.96. The first kappa shape index (κ1) is 23.3. The molecular formula is C25H16F5NS. The Labute approximate surface area is 187 Å². The van der Waals surface area contributed by atoms with E-state index in [1.807, 2.05) is 12.1 Å². The van der Waals surface area contributed by atoms with Gasteiger partial charge in [-0.3, -0.25) is 0 Å². The Morgan fingerprint density at radius 2 is 1.41 bits per heavy atom. The van der Waals surface area contributed by atoms with E-state index in [2.05, 4.69) is 29.1 Å². The quantitative estimate of drug-likeness (QED) is 0.167. The molecule has 0 bridgehead atoms. The molecule has 0 saturated heterocycles. The van der Waals surface area contributed by atoms with Gasteiger partial charge in [-0.2, -0.15) is 4.99 Å². The van der Waals surface area contributed by atoms with Gasteiger partial charge in [-0.05, 0) is 72.6 Å². The molecule has 3 rings (SSSR count). The smallest absolute Gasteiger partial charge is 0.153 e. The lowest BCUT2D eigenvalue weighted by molar-refractivity contribution is 0.548. The molecule has 0 spiro atoms. The van der Waals surface area contributed by atoms with E-state index in [9.17, 15) is 22.0 Å². The van der Waals surface area contributed by atoms with E-state index < -0.39 is 34.8 Å². The van der Waals surface area contributed by atoms with Gasteiger partial charge in [0.15, 0.2) is 11.6 Å². The molecular weight excluding hydrogens is 441 g/mol. The zero-order valence-electron chi connectivity index (χ0n) is 16.9. The van der Waals surface area contributed by atoms with Crippen molar-refractivity contribution < 1.29 is 22.0 Å². The molecule has 0 heterocycles. The zero-order valence-corrected chi connectivity index (χ0v) is 17.7. The van der Waals surface area contributed by atoms with Crippen LogP contribution in [0.4, 0.5) is 27.6 Å². The average Bonchev–Trinajstić information content (AvgIpc) is 2.74. The predicted molar refractivity (Wildman–Crippen MR) is 117 cm³/mol. The van der Waals surface area contributed by atoms with Gasteiger partial charge in [-0.15, -0.1) is 0 Å². The molecule has 0 aliphatic heterocycles. The second-order valence-corrected chi connectivity index (χ2v) is 7.14. The van der Waals surface area contributed by atoms with Crippen molar-refractivity contribution >= 4 is 23.1 Å². The molecule has 1 nitrogen and oxygen atoms in total. The summed E-state index contributed by atoms with van der Waals surface area (Å²) in [6.07, 6.45) is 1.75. The summed E-state index contributed by atoms with van der Waals surface area (Å²) in [6.45, 7) is 1.92. The molecule has 0 radical (unpaired) electrons. The Kier molecular flexibility index (Phi) is 7.53. The van der Waals surface area contributed by atoms with Crippen LogP contribution in [0.2, 0.25) is 0 Å². The number of hydrogen-bond donors (Lipinski definition) is 0. The summed E-state index contributed by atoms with van der Waals surface area (Å²) in [5.41, 5.74) is -0.230. The molecule has 0 aromatic heterocycles. The topological polar surface area (TPSA) is 12.4 Å². The number of nitrogens with zero attached hydrogens (tertiary/aromatic N) is 1. The summed E-state index contributed by atoms with van der Waals surface area (Å²) >= 11 is 4.35. The van der Waals surface area contributed by atoms with Gasteiger partial charge >= 0.3 is 0 Å². The summed E-state index contributed by atoms with van der Waals surface area (Å²) < 4.78 is 70.9. The lowest BCUT2D eigenvalue weighted by Crippen LogP contribution is -1.97. The summed E-state index contributed by atoms with van der Waals surface area (Å²) in [7, 11) is 0. The molecule has 7 heteroatoms. The molecule has 0 fully saturated rings. The van der Waals surface area contributed by atoms with Crippen LogP contribution in [0.1, 0.15) is 36.5 Å². The summed E-state index contributed by atoms with van der Waals surface area (Å²) in [5, 5.41) is 1.89. The van der Waals surface area contributed by atoms with Crippen molar-refractivity contribution in [1.29, 1.82) is 0 Å². The number of unbranched alkanes of at least 4 members (excludes halogenated alkanes) is 1. The molecule has 0 atom stereocenters. The molecule has 162 valence electrons. The van der Waals surface area contributed by atoms with Crippen molar-refractivity contribution in [1.82, 2.24) is 0 Å². The number of benzene rings is 3. The fourth-order valence-corrected chi connectivity index (χ4v) is 3.18. The van der Waals surface area contributed by atoms with Crippen LogP contribution in [-0.4, -0.2) is 5.16 Å². The van der Waals surface area contributed by atoms with Crippen LogP contribution in [-0.2, 0) is 6.42 Å². The van der Waals surface area contributed by atoms with Gasteiger partial charge in [-0.1, -0.05) is 31.3 Å². The first-order chi connectivity index (χ1) is 15.3. The molecule has 0 amide bonds. The third kappa shape index (κ3) is 5.28. The van der Waals surface area contributed by atoms with Crippen molar-refractivity contribution in [3.8, 4) is 23.0 Å². The zero-order chi connectivity index (χ0) is 23.3. The van der Waals surface area contributed by atoms with Gasteiger partial charge in [0.25, 0.3) is 0 Å². The molecule has 0 unspecified atom stereocenters. The highest BCUT2D eigenvalue weighted by molar-refractivity contribution is 7.78. The fourth-order valence-electron chi connectivity index (χ4n) is 3.09. The van der Waals surface area contributed by atoms with Crippen LogP contribution in [0.15, 0.2) is 47.5 Å². The Morgan fingerprint density at radius 3 is 1.97 bits per heavy atom. The highest BCUT2D eigenvalue weighted by Gasteiger charge is 2.13. The number of halogens is 5. The van der Waals surface area contributed by atoms with Crippen LogP contribution in [0.25, 0.3) is 11.1 Å². The van der Waals surface area contributed by atoms with Gasteiger partial charge in [0.05, 0.1) is 10.7 Å². The van der Waals surface area contributed by atoms with Crippen LogP contribution in [0.3, 0.4) is 0 Å². The summed E-state index contributed by atoms with van der Waals surface area (Å²) in [4.78, 5) is 3.33. The van der Waals surface area contributed by atoms with Crippen molar-refractivity contribution in [2.45, 2.75) is 26.2 Å². The van der Waals surface area contributed by atoms with Crippen LogP contribution in [0.5, 0.6) is 0 Å². The van der Waals surface area contributed by atoms with Crippen molar-refractivity contribution in [3.63, 3.8) is 0 Å². The van der Waals surface area contributed by atoms with Gasteiger partial charge in [-0.25, -0.2) is 22.0 Å². The molecule has 32 heavy (non-hydrogen) atoms. The molecule has 0 aliphatic rings. The minimum atomic E-state index is -0.965. The van der Waals surface area contributed by atoms with Crippen molar-refractivity contribution in [2.24, 2.45) is 4.99 Å². The Morgan fingerprint density at radius 1 is 0.781 bits per heavy atom. The minimum Gasteiger partial charge on any atom is -0.207 e. The maximum Gasteiger partial charge on any atom is 0.153 e. The highest BCUT2D eigenvalue weighted by atomic mass is 32.1. The van der Waals surface area contributed by atoms with Crippen molar-refractivity contribution in [2.75, 3.05) is 0 Å². The van der Waals surface area contributed by atoms with Crippen LogP contribution in [0, 0.1) is 40.9 Å². The number of hydrogen-bond acceptors (Lipinski definition) is 2. The normalized spacial score (nSPS) is 10.3. The van der Waals surface area contributed by atoms with Gasteiger partial charge in [0, 0.05) is 11.1 Å². The first-order valence-corrected chi connectivity index (χ1v) is 10.1. The Balaban J connectivity index is 1.89. The first-order valence-electron chi connectivity index (χ1n) is 9.70. The average molecular weight is 457 g/mol. The van der Waals surface area contributed by atoms with E-state index in [1.54, 1.807) is 0 Å². The number of rotatable bonds is 5. The molecule has 0 aliphatic carbocycles. The third-order valence-corrected chi connectivity index (χ3v) is 4.83. The van der Waals surface area contributed by atoms with Crippen LogP contribution < -0.4 is 0 Å². The molecule has 3 aromatic carbocycles. The standard InChI is InChI=1S/C25H16F5NS/c1-2-3-4-19-21(27)9-15(10-22(19)28)5-6-16-7-8-17(11-20(16)26)18-12-23(29)25(31-14-32)24(30)13-18/h7-13H,2-4H2,1H3. The monoisotopic (exact) mass is 457 g/mol. The fraction of sp³-hybridized carbons (Fsp3) is 0.160. The molecule has 0 N–H and O–H groups in total. The van der Waals surface area contributed by atoms with E-state index in [1.165, 1.54) is 12.1 Å². The maximum absolute atomic E-state index is 14.5. The lowest BCUT2D eigenvalue weighted by atomic mass is 10.0. The van der Waals surface area contributed by atoms with E-state index in [4.69, 9.17) is 0 Å². The van der Waals surface area contributed by atoms with Gasteiger partial charge < -0.3 is 0 Å². The SMILES string of the molecule is CCCCc1c(F)cc(C#Cc2ccc(-c3cc(F)c(N=C=S)c(F)c3)cc2F)cc1F. The van der Waals surface area contributed by atoms with E-state index in [-0.39, 0.29) is 34.2 Å². The highest BCUT2D eigenvalue weighted by Crippen LogP contribution is 2.30. The number of thiocarbonyl (C=S) groups is 1. The Bertz CT molecular complexity index is 1240. The maximum atomic E-state index is 14.5. The molecule has 0 saturated carbocycles. The minimum absolute atomic E-state index is 0.00899. The van der Waals surface area contributed by atoms with Gasteiger partial charge in [0.2, 0.25) is 0 Å².